The molecular weight excluding hydrogens is 276 g/mol. The van der Waals surface area contributed by atoms with Crippen LogP contribution in [0, 0.1) is 19.8 Å². The number of anilines is 1. The van der Waals surface area contributed by atoms with Gasteiger partial charge in [0.1, 0.15) is 0 Å². The summed E-state index contributed by atoms with van der Waals surface area (Å²) in [5, 5.41) is 9.27. The molecule has 1 aliphatic carbocycles. The topological polar surface area (TPSA) is 83.6 Å². The highest BCUT2D eigenvalue weighted by molar-refractivity contribution is 7.89. The molecule has 2 rings (SSSR count). The van der Waals surface area contributed by atoms with E-state index in [9.17, 15) is 13.5 Å². The van der Waals surface area contributed by atoms with Crippen molar-refractivity contribution in [1.82, 2.24) is 4.31 Å². The largest absolute Gasteiger partial charge is 0.398 e. The van der Waals surface area contributed by atoms with E-state index >= 15 is 0 Å². The molecule has 0 saturated heterocycles. The number of sulfonamides is 1. The molecule has 0 radical (unpaired) electrons. The van der Waals surface area contributed by atoms with Crippen LogP contribution in [0.1, 0.15) is 24.0 Å². The second kappa shape index (κ2) is 5.35. The van der Waals surface area contributed by atoms with Gasteiger partial charge in [0.2, 0.25) is 10.0 Å². The van der Waals surface area contributed by atoms with Gasteiger partial charge in [0.15, 0.2) is 0 Å². The van der Waals surface area contributed by atoms with Crippen LogP contribution in [0.5, 0.6) is 0 Å². The molecule has 0 spiro atoms. The molecule has 20 heavy (non-hydrogen) atoms. The lowest BCUT2D eigenvalue weighted by Crippen LogP contribution is -2.39. The Balaban J connectivity index is 2.21. The molecule has 1 aromatic rings. The van der Waals surface area contributed by atoms with Gasteiger partial charge in [-0.05, 0) is 55.9 Å². The molecule has 1 aliphatic rings. The number of nitrogens with two attached hydrogens (primary N) is 1. The fourth-order valence-electron chi connectivity index (χ4n) is 2.49. The summed E-state index contributed by atoms with van der Waals surface area (Å²) < 4.78 is 26.4. The Labute approximate surface area is 120 Å². The van der Waals surface area contributed by atoms with E-state index in [0.29, 0.717) is 25.1 Å². The molecule has 112 valence electrons. The van der Waals surface area contributed by atoms with Crippen LogP contribution in [0.4, 0.5) is 5.69 Å². The third-order valence-electron chi connectivity index (χ3n) is 4.12. The Hall–Kier alpha value is -1.11. The van der Waals surface area contributed by atoms with Crippen molar-refractivity contribution in [3.63, 3.8) is 0 Å². The summed E-state index contributed by atoms with van der Waals surface area (Å²) in [6.45, 7) is 4.17. The molecule has 0 atom stereocenters. The van der Waals surface area contributed by atoms with Gasteiger partial charge in [-0.15, -0.1) is 0 Å². The van der Waals surface area contributed by atoms with Crippen LogP contribution in [0.15, 0.2) is 17.0 Å². The molecular formula is C14H22N2O3S. The predicted molar refractivity (Wildman–Crippen MR) is 78.9 cm³/mol. The van der Waals surface area contributed by atoms with Gasteiger partial charge in [-0.3, -0.25) is 0 Å². The van der Waals surface area contributed by atoms with Crippen LogP contribution in [-0.2, 0) is 10.0 Å². The van der Waals surface area contributed by atoms with Crippen LogP contribution >= 0.6 is 0 Å². The fourth-order valence-corrected chi connectivity index (χ4v) is 3.86. The Morgan fingerprint density at radius 3 is 2.45 bits per heavy atom. The number of aliphatic hydroxyl groups excluding tert-OH is 1. The lowest BCUT2D eigenvalue weighted by atomic mass is 9.82. The first-order chi connectivity index (χ1) is 9.21. The minimum Gasteiger partial charge on any atom is -0.398 e. The van der Waals surface area contributed by atoms with Crippen LogP contribution in [0.25, 0.3) is 0 Å². The third kappa shape index (κ3) is 2.82. The average molecular weight is 298 g/mol. The Morgan fingerprint density at radius 2 is 1.95 bits per heavy atom. The molecule has 1 fully saturated rings. The van der Waals surface area contributed by atoms with Gasteiger partial charge in [-0.2, -0.15) is 0 Å². The van der Waals surface area contributed by atoms with Crippen molar-refractivity contribution in [2.75, 3.05) is 19.3 Å². The lowest BCUT2D eigenvalue weighted by molar-refractivity contribution is 0.0367. The van der Waals surface area contributed by atoms with Gasteiger partial charge in [-0.1, -0.05) is 0 Å². The van der Waals surface area contributed by atoms with Crippen LogP contribution in [-0.4, -0.2) is 37.5 Å². The van der Waals surface area contributed by atoms with Gasteiger partial charge in [0.25, 0.3) is 0 Å². The van der Waals surface area contributed by atoms with Crippen molar-refractivity contribution in [3.8, 4) is 0 Å². The van der Waals surface area contributed by atoms with E-state index in [2.05, 4.69) is 0 Å². The SMILES string of the molecule is Cc1cc(S(=O)(=O)N(C)CC2CC(O)C2)cc(N)c1C. The number of benzene rings is 1. The summed E-state index contributed by atoms with van der Waals surface area (Å²) in [6, 6.07) is 3.18. The maximum absolute atomic E-state index is 12.5. The molecule has 3 N–H and O–H groups in total. The number of nitrogens with zero attached hydrogens (tertiary/aromatic N) is 1. The standard InChI is InChI=1S/C14H22N2O3S/c1-9-4-13(7-14(15)10(9)2)20(18,19)16(3)8-11-5-12(17)6-11/h4,7,11-12,17H,5-6,8,15H2,1-3H3. The van der Waals surface area contributed by atoms with Crippen molar-refractivity contribution >= 4 is 15.7 Å². The first kappa shape index (κ1) is 15.3. The molecule has 0 heterocycles. The van der Waals surface area contributed by atoms with Crippen molar-refractivity contribution in [1.29, 1.82) is 0 Å². The van der Waals surface area contributed by atoms with Gasteiger partial charge in [0.05, 0.1) is 11.0 Å². The fraction of sp³-hybridized carbons (Fsp3) is 0.571. The molecule has 1 aromatic carbocycles. The second-order valence-corrected chi connectivity index (χ2v) is 7.78. The predicted octanol–water partition coefficient (Wildman–Crippen LogP) is 1.28. The Morgan fingerprint density at radius 1 is 1.35 bits per heavy atom. The number of rotatable bonds is 4. The summed E-state index contributed by atoms with van der Waals surface area (Å²) in [5.41, 5.74) is 8.14. The first-order valence-electron chi connectivity index (χ1n) is 6.73. The molecule has 6 heteroatoms. The summed E-state index contributed by atoms with van der Waals surface area (Å²) in [4.78, 5) is 0.237. The van der Waals surface area contributed by atoms with E-state index in [-0.39, 0.29) is 16.9 Å². The maximum atomic E-state index is 12.5. The molecule has 0 bridgehead atoms. The number of hydrogen-bond donors (Lipinski definition) is 2. The van der Waals surface area contributed by atoms with E-state index < -0.39 is 10.0 Å². The lowest BCUT2D eigenvalue weighted by Gasteiger charge is -2.34. The quantitative estimate of drug-likeness (QED) is 0.820. The van der Waals surface area contributed by atoms with Crippen molar-refractivity contribution in [2.45, 2.75) is 37.7 Å². The normalized spacial score (nSPS) is 22.9. The number of aliphatic hydroxyl groups is 1. The van der Waals surface area contributed by atoms with Crippen molar-refractivity contribution < 1.29 is 13.5 Å². The van der Waals surface area contributed by atoms with E-state index in [0.717, 1.165) is 11.1 Å². The summed E-state index contributed by atoms with van der Waals surface area (Å²) in [5.74, 6) is 0.244. The number of nitrogen functional groups attached to an aromatic ring is 1. The molecule has 5 nitrogen and oxygen atoms in total. The van der Waals surface area contributed by atoms with Crippen LogP contribution < -0.4 is 5.73 Å². The highest BCUT2D eigenvalue weighted by atomic mass is 32.2. The third-order valence-corrected chi connectivity index (χ3v) is 5.92. The average Bonchev–Trinajstić information content (AvgIpc) is 2.33. The number of aryl methyl sites for hydroxylation is 1. The van der Waals surface area contributed by atoms with Crippen molar-refractivity contribution in [3.05, 3.63) is 23.3 Å². The zero-order valence-electron chi connectivity index (χ0n) is 12.1. The van der Waals surface area contributed by atoms with Gasteiger partial charge >= 0.3 is 0 Å². The maximum Gasteiger partial charge on any atom is 0.242 e. The second-order valence-electron chi connectivity index (χ2n) is 5.73. The highest BCUT2D eigenvalue weighted by Crippen LogP contribution is 2.30. The minimum absolute atomic E-state index is 0.237. The summed E-state index contributed by atoms with van der Waals surface area (Å²) in [6.07, 6.45) is 1.08. The molecule has 0 aromatic heterocycles. The Kier molecular flexibility index (Phi) is 4.09. The molecule has 0 amide bonds. The monoisotopic (exact) mass is 298 g/mol. The van der Waals surface area contributed by atoms with Crippen LogP contribution in [0.2, 0.25) is 0 Å². The van der Waals surface area contributed by atoms with Gasteiger partial charge < -0.3 is 10.8 Å². The highest BCUT2D eigenvalue weighted by Gasteiger charge is 2.31. The van der Waals surface area contributed by atoms with E-state index in [1.54, 1.807) is 13.1 Å². The van der Waals surface area contributed by atoms with Gasteiger partial charge in [-0.25, -0.2) is 12.7 Å². The van der Waals surface area contributed by atoms with E-state index in [1.807, 2.05) is 13.8 Å². The zero-order valence-corrected chi connectivity index (χ0v) is 12.9. The van der Waals surface area contributed by atoms with Crippen LogP contribution in [0.3, 0.4) is 0 Å². The Bertz CT molecular complexity index is 584. The van der Waals surface area contributed by atoms with Crippen molar-refractivity contribution in [2.24, 2.45) is 5.92 Å². The van der Waals surface area contributed by atoms with E-state index in [1.165, 1.54) is 10.4 Å². The minimum atomic E-state index is -3.52. The zero-order chi connectivity index (χ0) is 15.1. The van der Waals surface area contributed by atoms with Gasteiger partial charge in [0, 0.05) is 19.3 Å². The smallest absolute Gasteiger partial charge is 0.242 e. The van der Waals surface area contributed by atoms with E-state index in [4.69, 9.17) is 5.73 Å². The molecule has 1 saturated carbocycles. The summed E-state index contributed by atoms with van der Waals surface area (Å²) in [7, 11) is -1.94. The molecule has 0 unspecified atom stereocenters. The number of hydrogen-bond acceptors (Lipinski definition) is 4. The summed E-state index contributed by atoms with van der Waals surface area (Å²) >= 11 is 0. The first-order valence-corrected chi connectivity index (χ1v) is 8.17. The molecule has 0 aliphatic heterocycles.